The number of rotatable bonds is 3. The van der Waals surface area contributed by atoms with Crippen molar-refractivity contribution < 1.29 is 24.2 Å². The van der Waals surface area contributed by atoms with Crippen LogP contribution in [0.4, 0.5) is 4.79 Å². The summed E-state index contributed by atoms with van der Waals surface area (Å²) in [4.78, 5) is 23.0. The maximum Gasteiger partial charge on any atom is 0.408 e. The predicted octanol–water partition coefficient (Wildman–Crippen LogP) is 1.78. The number of aliphatic carboxylic acids is 1. The summed E-state index contributed by atoms with van der Waals surface area (Å²) in [5.74, 6) is -1.15. The molecule has 19 heavy (non-hydrogen) atoms. The van der Waals surface area contributed by atoms with Gasteiger partial charge in [0.05, 0.1) is 0 Å². The summed E-state index contributed by atoms with van der Waals surface area (Å²) in [5, 5.41) is 11.7. The molecule has 1 aliphatic rings. The molecule has 0 aromatic rings. The number of hydrogen-bond acceptors (Lipinski definition) is 4. The van der Waals surface area contributed by atoms with Gasteiger partial charge in [-0.05, 0) is 46.0 Å². The highest BCUT2D eigenvalue weighted by Crippen LogP contribution is 2.20. The number of hydrogen-bond donors (Lipinski definition) is 2. The van der Waals surface area contributed by atoms with Crippen LogP contribution >= 0.6 is 0 Å². The van der Waals surface area contributed by atoms with Gasteiger partial charge in [-0.25, -0.2) is 9.59 Å². The van der Waals surface area contributed by atoms with Gasteiger partial charge in [0, 0.05) is 13.2 Å². The number of amides is 1. The summed E-state index contributed by atoms with van der Waals surface area (Å²) in [6, 6.07) is -0.920. The van der Waals surface area contributed by atoms with Crippen molar-refractivity contribution in [1.29, 1.82) is 0 Å². The molecule has 6 nitrogen and oxygen atoms in total. The third-order valence-electron chi connectivity index (χ3n) is 2.91. The number of carbonyl (C=O) groups excluding carboxylic acids is 1. The minimum Gasteiger partial charge on any atom is -0.480 e. The third kappa shape index (κ3) is 5.92. The lowest BCUT2D eigenvalue weighted by atomic mass is 9.92. The van der Waals surface area contributed by atoms with Crippen molar-refractivity contribution in [3.63, 3.8) is 0 Å². The second kappa shape index (κ2) is 6.75. The molecule has 0 bridgehead atoms. The fourth-order valence-electron chi connectivity index (χ4n) is 2.08. The number of carboxylic acids is 1. The van der Waals surface area contributed by atoms with Gasteiger partial charge < -0.3 is 19.9 Å². The zero-order valence-electron chi connectivity index (χ0n) is 11.8. The Morgan fingerprint density at radius 1 is 1.32 bits per heavy atom. The maximum atomic E-state index is 11.7. The lowest BCUT2D eigenvalue weighted by Crippen LogP contribution is -2.47. The SMILES string of the molecule is CC(C)(C)OC(=O)N[C@H](C(=O)O)C1CCCOCC1. The first-order valence-electron chi connectivity index (χ1n) is 6.59. The molecule has 1 amide bonds. The van der Waals surface area contributed by atoms with Crippen LogP contribution in [0.2, 0.25) is 0 Å². The van der Waals surface area contributed by atoms with Gasteiger partial charge in [0.2, 0.25) is 0 Å². The number of carboxylic acid groups (broad SMARTS) is 1. The molecule has 1 heterocycles. The molecule has 0 spiro atoms. The number of nitrogens with one attached hydrogen (secondary N) is 1. The Labute approximate surface area is 113 Å². The first-order valence-corrected chi connectivity index (χ1v) is 6.59. The molecule has 0 saturated carbocycles. The molecule has 0 aliphatic carbocycles. The number of carbonyl (C=O) groups is 2. The lowest BCUT2D eigenvalue weighted by Gasteiger charge is -2.25. The Kier molecular flexibility index (Phi) is 5.60. The highest BCUT2D eigenvalue weighted by atomic mass is 16.6. The molecule has 1 rings (SSSR count). The van der Waals surface area contributed by atoms with E-state index in [1.165, 1.54) is 0 Å². The molecule has 6 heteroatoms. The number of ether oxygens (including phenoxy) is 2. The van der Waals surface area contributed by atoms with E-state index in [1.807, 2.05) is 0 Å². The van der Waals surface area contributed by atoms with Crippen LogP contribution in [-0.2, 0) is 14.3 Å². The van der Waals surface area contributed by atoms with Crippen LogP contribution in [-0.4, -0.2) is 42.0 Å². The van der Waals surface area contributed by atoms with E-state index in [9.17, 15) is 14.7 Å². The standard InChI is InChI=1S/C13H23NO5/c1-13(2,3)19-12(17)14-10(11(15)16)9-5-4-7-18-8-6-9/h9-10H,4-8H2,1-3H3,(H,14,17)(H,15,16)/t9?,10-/m0/s1. The van der Waals surface area contributed by atoms with Crippen molar-refractivity contribution in [2.24, 2.45) is 5.92 Å². The van der Waals surface area contributed by atoms with E-state index in [0.717, 1.165) is 12.8 Å². The summed E-state index contributed by atoms with van der Waals surface area (Å²) in [7, 11) is 0. The van der Waals surface area contributed by atoms with Crippen molar-refractivity contribution in [2.45, 2.75) is 51.7 Å². The second-order valence-electron chi connectivity index (χ2n) is 5.77. The minimum atomic E-state index is -1.03. The first-order chi connectivity index (χ1) is 8.79. The summed E-state index contributed by atoms with van der Waals surface area (Å²) < 4.78 is 10.4. The van der Waals surface area contributed by atoms with Crippen LogP contribution < -0.4 is 5.32 Å². The van der Waals surface area contributed by atoms with E-state index in [-0.39, 0.29) is 5.92 Å². The molecule has 0 aromatic carbocycles. The van der Waals surface area contributed by atoms with Crippen molar-refractivity contribution in [2.75, 3.05) is 13.2 Å². The molecule has 2 atom stereocenters. The van der Waals surface area contributed by atoms with Crippen molar-refractivity contribution in [1.82, 2.24) is 5.32 Å². The Morgan fingerprint density at radius 3 is 2.58 bits per heavy atom. The summed E-state index contributed by atoms with van der Waals surface area (Å²) in [5.41, 5.74) is -0.639. The predicted molar refractivity (Wildman–Crippen MR) is 69.0 cm³/mol. The van der Waals surface area contributed by atoms with Gasteiger partial charge in [-0.15, -0.1) is 0 Å². The van der Waals surface area contributed by atoms with Crippen molar-refractivity contribution >= 4 is 12.1 Å². The highest BCUT2D eigenvalue weighted by molar-refractivity contribution is 5.80. The molecular formula is C13H23NO5. The van der Waals surface area contributed by atoms with E-state index in [0.29, 0.717) is 19.6 Å². The van der Waals surface area contributed by atoms with E-state index in [4.69, 9.17) is 9.47 Å². The molecule has 1 fully saturated rings. The van der Waals surface area contributed by atoms with Gasteiger partial charge in [0.25, 0.3) is 0 Å². The first kappa shape index (κ1) is 15.8. The monoisotopic (exact) mass is 273 g/mol. The zero-order valence-corrected chi connectivity index (χ0v) is 11.8. The molecule has 110 valence electrons. The molecular weight excluding hydrogens is 250 g/mol. The minimum absolute atomic E-state index is 0.118. The fraction of sp³-hybridized carbons (Fsp3) is 0.846. The summed E-state index contributed by atoms with van der Waals surface area (Å²) >= 11 is 0. The van der Waals surface area contributed by atoms with E-state index in [2.05, 4.69) is 5.32 Å². The normalized spacial score (nSPS) is 22.2. The Hall–Kier alpha value is -1.30. The Balaban J connectivity index is 2.61. The summed E-state index contributed by atoms with van der Waals surface area (Å²) in [6.45, 7) is 6.39. The van der Waals surface area contributed by atoms with Crippen LogP contribution in [0.3, 0.4) is 0 Å². The van der Waals surface area contributed by atoms with Crippen LogP contribution in [0.1, 0.15) is 40.0 Å². The highest BCUT2D eigenvalue weighted by Gasteiger charge is 2.31. The smallest absolute Gasteiger partial charge is 0.408 e. The van der Waals surface area contributed by atoms with Gasteiger partial charge in [-0.3, -0.25) is 0 Å². The van der Waals surface area contributed by atoms with Crippen LogP contribution in [0, 0.1) is 5.92 Å². The van der Waals surface area contributed by atoms with Crippen molar-refractivity contribution in [3.8, 4) is 0 Å². The second-order valence-corrected chi connectivity index (χ2v) is 5.77. The molecule has 1 aliphatic heterocycles. The van der Waals surface area contributed by atoms with Crippen molar-refractivity contribution in [3.05, 3.63) is 0 Å². The van der Waals surface area contributed by atoms with Gasteiger partial charge in [0.15, 0.2) is 0 Å². The Bertz CT molecular complexity index is 315. The average Bonchev–Trinajstić information content (AvgIpc) is 2.51. The maximum absolute atomic E-state index is 11.7. The molecule has 0 radical (unpaired) electrons. The van der Waals surface area contributed by atoms with Gasteiger partial charge >= 0.3 is 12.1 Å². The summed E-state index contributed by atoms with van der Waals surface area (Å²) in [6.07, 6.45) is 1.48. The number of alkyl carbamates (subject to hydrolysis) is 1. The quantitative estimate of drug-likeness (QED) is 0.818. The van der Waals surface area contributed by atoms with E-state index < -0.39 is 23.7 Å². The largest absolute Gasteiger partial charge is 0.480 e. The van der Waals surface area contributed by atoms with Crippen LogP contribution in [0.5, 0.6) is 0 Å². The topological polar surface area (TPSA) is 84.9 Å². The molecule has 0 aromatic heterocycles. The Morgan fingerprint density at radius 2 is 2.00 bits per heavy atom. The molecule has 1 saturated heterocycles. The van der Waals surface area contributed by atoms with Gasteiger partial charge in [-0.2, -0.15) is 0 Å². The van der Waals surface area contributed by atoms with Crippen LogP contribution in [0.15, 0.2) is 0 Å². The van der Waals surface area contributed by atoms with Gasteiger partial charge in [0.1, 0.15) is 11.6 Å². The zero-order chi connectivity index (χ0) is 14.5. The van der Waals surface area contributed by atoms with E-state index in [1.54, 1.807) is 20.8 Å². The molecule has 2 N–H and O–H groups in total. The average molecular weight is 273 g/mol. The lowest BCUT2D eigenvalue weighted by molar-refractivity contribution is -0.141. The molecule has 1 unspecified atom stereocenters. The van der Waals surface area contributed by atoms with Crippen LogP contribution in [0.25, 0.3) is 0 Å². The fourth-order valence-corrected chi connectivity index (χ4v) is 2.08. The third-order valence-corrected chi connectivity index (χ3v) is 2.91. The van der Waals surface area contributed by atoms with Gasteiger partial charge in [-0.1, -0.05) is 0 Å². The van der Waals surface area contributed by atoms with E-state index >= 15 is 0 Å².